The van der Waals surface area contributed by atoms with Crippen LogP contribution < -0.4 is 10.6 Å². The molecule has 4 rings (SSSR count). The number of fused-ring (bicyclic) bond motifs is 1. The van der Waals surface area contributed by atoms with Gasteiger partial charge in [0.2, 0.25) is 5.91 Å². The van der Waals surface area contributed by atoms with Crippen molar-refractivity contribution >= 4 is 45.4 Å². The first kappa shape index (κ1) is 22.0. The van der Waals surface area contributed by atoms with Gasteiger partial charge in [-0.1, -0.05) is 41.9 Å². The number of carbonyl (C=O) groups excluding carboxylic acids is 2. The highest BCUT2D eigenvalue weighted by atomic mass is 35.5. The summed E-state index contributed by atoms with van der Waals surface area (Å²) in [6.45, 7) is 0.802. The van der Waals surface area contributed by atoms with Crippen molar-refractivity contribution in [1.82, 2.24) is 14.7 Å². The molecule has 0 radical (unpaired) electrons. The Hall–Kier alpha value is -3.20. The Morgan fingerprint density at radius 2 is 2.00 bits per heavy atom. The van der Waals surface area contributed by atoms with Crippen LogP contribution in [0.5, 0.6) is 0 Å². The maximum absolute atomic E-state index is 12.6. The van der Waals surface area contributed by atoms with Crippen LogP contribution in [-0.4, -0.2) is 41.5 Å². The summed E-state index contributed by atoms with van der Waals surface area (Å²) in [7, 11) is 1.56. The van der Waals surface area contributed by atoms with E-state index in [1.54, 1.807) is 25.3 Å². The predicted octanol–water partition coefficient (Wildman–Crippen LogP) is 4.27. The summed E-state index contributed by atoms with van der Waals surface area (Å²) in [6.07, 6.45) is 2.12. The average Bonchev–Trinajstić information content (AvgIpc) is 3.36. The number of aromatic nitrogens is 2. The minimum Gasteiger partial charge on any atom is -0.383 e. The van der Waals surface area contributed by atoms with E-state index in [1.807, 2.05) is 46.3 Å². The number of carbonyl (C=O) groups is 2. The van der Waals surface area contributed by atoms with Gasteiger partial charge in [0.15, 0.2) is 4.96 Å². The zero-order valence-corrected chi connectivity index (χ0v) is 18.9. The zero-order valence-electron chi connectivity index (χ0n) is 17.3. The summed E-state index contributed by atoms with van der Waals surface area (Å²) in [5.41, 5.74) is 3.60. The molecule has 9 heteroatoms. The lowest BCUT2D eigenvalue weighted by Gasteiger charge is -2.09. The van der Waals surface area contributed by atoms with Crippen molar-refractivity contribution in [3.05, 3.63) is 76.4 Å². The van der Waals surface area contributed by atoms with E-state index in [4.69, 9.17) is 16.3 Å². The third-order valence-electron chi connectivity index (χ3n) is 4.78. The smallest absolute Gasteiger partial charge is 0.252 e. The lowest BCUT2D eigenvalue weighted by molar-refractivity contribution is -0.115. The van der Waals surface area contributed by atoms with Crippen LogP contribution in [0.15, 0.2) is 60.1 Å². The normalized spacial score (nSPS) is 10.9. The Morgan fingerprint density at radius 1 is 1.19 bits per heavy atom. The molecular weight excluding hydrogens is 448 g/mol. The van der Waals surface area contributed by atoms with Gasteiger partial charge in [-0.05, 0) is 18.2 Å². The molecule has 0 aliphatic rings. The van der Waals surface area contributed by atoms with E-state index in [0.717, 1.165) is 21.9 Å². The number of anilines is 1. The summed E-state index contributed by atoms with van der Waals surface area (Å²) in [6, 6.07) is 14.7. The summed E-state index contributed by atoms with van der Waals surface area (Å²) >= 11 is 7.74. The minimum absolute atomic E-state index is 0.182. The van der Waals surface area contributed by atoms with E-state index >= 15 is 0 Å². The Morgan fingerprint density at radius 3 is 2.75 bits per heavy atom. The summed E-state index contributed by atoms with van der Waals surface area (Å²) in [5.74, 6) is -0.479. The monoisotopic (exact) mass is 468 g/mol. The second-order valence-corrected chi connectivity index (χ2v) is 8.28. The number of nitrogens with one attached hydrogen (secondary N) is 2. The molecule has 7 nitrogen and oxygen atoms in total. The van der Waals surface area contributed by atoms with Gasteiger partial charge in [-0.25, -0.2) is 4.98 Å². The molecule has 2 aromatic carbocycles. The van der Waals surface area contributed by atoms with Crippen LogP contribution in [0.2, 0.25) is 5.02 Å². The predicted molar refractivity (Wildman–Crippen MR) is 126 cm³/mol. The molecule has 0 saturated carbocycles. The molecule has 2 aromatic heterocycles. The van der Waals surface area contributed by atoms with Gasteiger partial charge in [0.05, 0.1) is 29.3 Å². The van der Waals surface area contributed by atoms with Crippen molar-refractivity contribution in [2.75, 3.05) is 25.6 Å². The molecule has 0 spiro atoms. The standard InChI is InChI=1S/C23H21ClN4O3S/c1-31-10-9-25-22(30)18-8-7-16(11-19(18)24)26-21(29)12-17-14-32-23-27-20(13-28(17)23)15-5-3-2-4-6-15/h2-8,11,13-14H,9-10,12H2,1H3,(H,25,30)(H,26,29). The Labute approximate surface area is 194 Å². The number of imidazole rings is 1. The fourth-order valence-electron chi connectivity index (χ4n) is 3.21. The molecule has 2 N–H and O–H groups in total. The number of benzene rings is 2. The highest BCUT2D eigenvalue weighted by molar-refractivity contribution is 7.15. The molecule has 0 fully saturated rings. The minimum atomic E-state index is -0.292. The van der Waals surface area contributed by atoms with Gasteiger partial charge in [-0.15, -0.1) is 11.3 Å². The first-order chi connectivity index (χ1) is 15.5. The number of nitrogens with zero attached hydrogens (tertiary/aromatic N) is 2. The number of hydrogen-bond donors (Lipinski definition) is 2. The molecule has 164 valence electrons. The molecule has 0 aliphatic heterocycles. The van der Waals surface area contributed by atoms with Gasteiger partial charge < -0.3 is 15.4 Å². The van der Waals surface area contributed by atoms with Crippen molar-refractivity contribution in [2.24, 2.45) is 0 Å². The van der Waals surface area contributed by atoms with Crippen LogP contribution in [0, 0.1) is 0 Å². The topological polar surface area (TPSA) is 84.7 Å². The number of thiazole rings is 1. The SMILES string of the molecule is COCCNC(=O)c1ccc(NC(=O)Cc2csc3nc(-c4ccccc4)cn23)cc1Cl. The van der Waals surface area contributed by atoms with E-state index < -0.39 is 0 Å². The lowest BCUT2D eigenvalue weighted by atomic mass is 10.2. The largest absolute Gasteiger partial charge is 0.383 e. The van der Waals surface area contributed by atoms with E-state index in [9.17, 15) is 9.59 Å². The Balaban J connectivity index is 1.42. The van der Waals surface area contributed by atoms with Crippen molar-refractivity contribution in [3.8, 4) is 11.3 Å². The molecule has 0 saturated heterocycles. The molecule has 2 heterocycles. The van der Waals surface area contributed by atoms with Crippen LogP contribution in [0.1, 0.15) is 16.1 Å². The molecule has 32 heavy (non-hydrogen) atoms. The van der Waals surface area contributed by atoms with Crippen LogP contribution in [0.4, 0.5) is 5.69 Å². The molecule has 4 aromatic rings. The van der Waals surface area contributed by atoms with Gasteiger partial charge in [0.1, 0.15) is 0 Å². The molecule has 0 atom stereocenters. The molecule has 2 amide bonds. The lowest BCUT2D eigenvalue weighted by Crippen LogP contribution is -2.27. The Kier molecular flexibility index (Phi) is 6.84. The molecule has 0 aliphatic carbocycles. The van der Waals surface area contributed by atoms with E-state index in [1.165, 1.54) is 11.3 Å². The van der Waals surface area contributed by atoms with E-state index in [0.29, 0.717) is 24.4 Å². The number of ether oxygens (including phenoxy) is 1. The van der Waals surface area contributed by atoms with Crippen LogP contribution in [0.3, 0.4) is 0 Å². The van der Waals surface area contributed by atoms with Crippen molar-refractivity contribution in [3.63, 3.8) is 0 Å². The molecular formula is C23H21ClN4O3S. The third-order valence-corrected chi connectivity index (χ3v) is 5.99. The van der Waals surface area contributed by atoms with Gasteiger partial charge in [0, 0.05) is 42.2 Å². The van der Waals surface area contributed by atoms with Gasteiger partial charge >= 0.3 is 0 Å². The fourth-order valence-corrected chi connectivity index (χ4v) is 4.35. The number of amides is 2. The van der Waals surface area contributed by atoms with E-state index in [2.05, 4.69) is 15.6 Å². The maximum Gasteiger partial charge on any atom is 0.252 e. The van der Waals surface area contributed by atoms with Gasteiger partial charge in [-0.3, -0.25) is 14.0 Å². The highest BCUT2D eigenvalue weighted by Gasteiger charge is 2.14. The third kappa shape index (κ3) is 4.99. The second kappa shape index (κ2) is 9.95. The first-order valence-electron chi connectivity index (χ1n) is 9.92. The molecule has 0 unspecified atom stereocenters. The van der Waals surface area contributed by atoms with Gasteiger partial charge in [0.25, 0.3) is 5.91 Å². The number of hydrogen-bond acceptors (Lipinski definition) is 5. The van der Waals surface area contributed by atoms with Crippen LogP contribution in [-0.2, 0) is 16.0 Å². The quantitative estimate of drug-likeness (QED) is 0.378. The van der Waals surface area contributed by atoms with Crippen molar-refractivity contribution < 1.29 is 14.3 Å². The number of halogens is 1. The average molecular weight is 469 g/mol. The fraction of sp³-hybridized carbons (Fsp3) is 0.174. The first-order valence-corrected chi connectivity index (χ1v) is 11.2. The van der Waals surface area contributed by atoms with Crippen molar-refractivity contribution in [1.29, 1.82) is 0 Å². The van der Waals surface area contributed by atoms with Gasteiger partial charge in [-0.2, -0.15) is 0 Å². The second-order valence-electron chi connectivity index (χ2n) is 7.04. The van der Waals surface area contributed by atoms with E-state index in [-0.39, 0.29) is 23.3 Å². The highest BCUT2D eigenvalue weighted by Crippen LogP contribution is 2.25. The number of rotatable bonds is 8. The van der Waals surface area contributed by atoms with Crippen molar-refractivity contribution in [2.45, 2.75) is 6.42 Å². The maximum atomic E-state index is 12.6. The number of methoxy groups -OCH3 is 1. The molecule has 0 bridgehead atoms. The zero-order chi connectivity index (χ0) is 22.5. The summed E-state index contributed by atoms with van der Waals surface area (Å²) in [4.78, 5) is 30.3. The summed E-state index contributed by atoms with van der Waals surface area (Å²) < 4.78 is 6.85. The van der Waals surface area contributed by atoms with Crippen LogP contribution >= 0.6 is 22.9 Å². The van der Waals surface area contributed by atoms with Crippen LogP contribution in [0.25, 0.3) is 16.2 Å². The summed E-state index contributed by atoms with van der Waals surface area (Å²) in [5, 5.41) is 7.75. The Bertz CT molecular complexity index is 1250.